The lowest BCUT2D eigenvalue weighted by Gasteiger charge is -2.12. The van der Waals surface area contributed by atoms with Gasteiger partial charge in [0.05, 0.1) is 5.69 Å². The van der Waals surface area contributed by atoms with E-state index in [0.29, 0.717) is 17.1 Å². The van der Waals surface area contributed by atoms with Crippen LogP contribution in [0.15, 0.2) is 42.6 Å². The smallest absolute Gasteiger partial charge is 0.270 e. The van der Waals surface area contributed by atoms with E-state index < -0.39 is 0 Å². The zero-order chi connectivity index (χ0) is 15.2. The lowest BCUT2D eigenvalue weighted by atomic mass is 10.2. The highest BCUT2D eigenvalue weighted by Gasteiger charge is 2.11. The number of para-hydroxylation sites is 1. The SMILES string of the molecule is CCC(C)NC(=O)c1cc(Nc2ccccc2F)ccn1. The number of rotatable bonds is 5. The first-order valence-corrected chi connectivity index (χ1v) is 6.88. The molecular formula is C16H18FN3O. The molecule has 0 saturated carbocycles. The number of pyridine rings is 1. The van der Waals surface area contributed by atoms with Crippen molar-refractivity contribution in [2.45, 2.75) is 26.3 Å². The summed E-state index contributed by atoms with van der Waals surface area (Å²) in [4.78, 5) is 16.1. The van der Waals surface area contributed by atoms with Crippen molar-refractivity contribution in [3.05, 3.63) is 54.1 Å². The normalized spacial score (nSPS) is 11.8. The largest absolute Gasteiger partial charge is 0.353 e. The minimum atomic E-state index is -0.347. The molecule has 0 aliphatic heterocycles. The van der Waals surface area contributed by atoms with E-state index >= 15 is 0 Å². The summed E-state index contributed by atoms with van der Waals surface area (Å²) in [6.45, 7) is 3.92. The number of aromatic nitrogens is 1. The van der Waals surface area contributed by atoms with Crippen LogP contribution in [0.25, 0.3) is 0 Å². The summed E-state index contributed by atoms with van der Waals surface area (Å²) < 4.78 is 13.6. The second-order valence-corrected chi connectivity index (χ2v) is 4.82. The maximum Gasteiger partial charge on any atom is 0.270 e. The molecule has 0 fully saturated rings. The van der Waals surface area contributed by atoms with Crippen LogP contribution in [0.3, 0.4) is 0 Å². The van der Waals surface area contributed by atoms with Gasteiger partial charge in [-0.25, -0.2) is 4.39 Å². The predicted octanol–water partition coefficient (Wildman–Crippen LogP) is 3.49. The van der Waals surface area contributed by atoms with E-state index in [9.17, 15) is 9.18 Å². The topological polar surface area (TPSA) is 54.0 Å². The van der Waals surface area contributed by atoms with Gasteiger partial charge in [-0.3, -0.25) is 9.78 Å². The summed E-state index contributed by atoms with van der Waals surface area (Å²) in [5.41, 5.74) is 1.28. The molecule has 0 bridgehead atoms. The van der Waals surface area contributed by atoms with Crippen LogP contribution in [0.1, 0.15) is 30.8 Å². The third-order valence-corrected chi connectivity index (χ3v) is 3.14. The number of amides is 1. The van der Waals surface area contributed by atoms with E-state index in [1.54, 1.807) is 30.3 Å². The van der Waals surface area contributed by atoms with Gasteiger partial charge in [-0.05, 0) is 37.6 Å². The molecule has 2 N–H and O–H groups in total. The summed E-state index contributed by atoms with van der Waals surface area (Å²) in [6.07, 6.45) is 2.37. The summed E-state index contributed by atoms with van der Waals surface area (Å²) in [5, 5.41) is 5.78. The van der Waals surface area contributed by atoms with Crippen LogP contribution in [0.4, 0.5) is 15.8 Å². The molecule has 1 heterocycles. The third kappa shape index (κ3) is 4.02. The molecule has 1 aromatic carbocycles. The van der Waals surface area contributed by atoms with E-state index in [0.717, 1.165) is 6.42 Å². The molecule has 0 aliphatic rings. The first-order valence-electron chi connectivity index (χ1n) is 6.88. The van der Waals surface area contributed by atoms with Gasteiger partial charge >= 0.3 is 0 Å². The van der Waals surface area contributed by atoms with Crippen molar-refractivity contribution in [3.8, 4) is 0 Å². The number of anilines is 2. The van der Waals surface area contributed by atoms with E-state index in [1.807, 2.05) is 13.8 Å². The number of halogens is 1. The number of carbonyl (C=O) groups excluding carboxylic acids is 1. The molecule has 110 valence electrons. The number of hydrogen-bond donors (Lipinski definition) is 2. The number of nitrogens with one attached hydrogen (secondary N) is 2. The molecule has 0 spiro atoms. The van der Waals surface area contributed by atoms with Crippen LogP contribution in [-0.4, -0.2) is 16.9 Å². The molecule has 1 atom stereocenters. The van der Waals surface area contributed by atoms with Gasteiger partial charge in [0, 0.05) is 17.9 Å². The van der Waals surface area contributed by atoms with Crippen LogP contribution in [0, 0.1) is 5.82 Å². The third-order valence-electron chi connectivity index (χ3n) is 3.14. The zero-order valence-electron chi connectivity index (χ0n) is 12.1. The molecule has 0 aliphatic carbocycles. The fourth-order valence-electron chi connectivity index (χ4n) is 1.75. The number of benzene rings is 1. The maximum absolute atomic E-state index is 13.6. The van der Waals surface area contributed by atoms with Gasteiger partial charge in [-0.15, -0.1) is 0 Å². The van der Waals surface area contributed by atoms with Gasteiger partial charge in [0.1, 0.15) is 11.5 Å². The van der Waals surface area contributed by atoms with E-state index in [2.05, 4.69) is 15.6 Å². The Kier molecular flexibility index (Phi) is 4.87. The Hall–Kier alpha value is -2.43. The average Bonchev–Trinajstić information content (AvgIpc) is 2.49. The van der Waals surface area contributed by atoms with Gasteiger partial charge in [0.2, 0.25) is 0 Å². The fraction of sp³-hybridized carbons (Fsp3) is 0.250. The van der Waals surface area contributed by atoms with Crippen molar-refractivity contribution in [1.82, 2.24) is 10.3 Å². The predicted molar refractivity (Wildman–Crippen MR) is 81.1 cm³/mol. The molecule has 0 saturated heterocycles. The Morgan fingerprint density at radius 2 is 2.10 bits per heavy atom. The Bertz CT molecular complexity index is 630. The van der Waals surface area contributed by atoms with Crippen LogP contribution < -0.4 is 10.6 Å². The molecular weight excluding hydrogens is 269 g/mol. The quantitative estimate of drug-likeness (QED) is 0.885. The monoisotopic (exact) mass is 287 g/mol. The molecule has 1 aromatic heterocycles. The number of hydrogen-bond acceptors (Lipinski definition) is 3. The Morgan fingerprint density at radius 3 is 2.81 bits per heavy atom. The van der Waals surface area contributed by atoms with Gasteiger partial charge in [-0.1, -0.05) is 19.1 Å². The lowest BCUT2D eigenvalue weighted by Crippen LogP contribution is -2.32. The van der Waals surface area contributed by atoms with Crippen molar-refractivity contribution in [3.63, 3.8) is 0 Å². The number of carbonyl (C=O) groups is 1. The molecule has 2 rings (SSSR count). The molecule has 2 aromatic rings. The maximum atomic E-state index is 13.6. The first kappa shape index (κ1) is 15.0. The standard InChI is InChI=1S/C16H18FN3O/c1-3-11(2)19-16(21)15-10-12(8-9-18-15)20-14-7-5-4-6-13(14)17/h4-11H,3H2,1-2H3,(H,18,20)(H,19,21). The first-order chi connectivity index (χ1) is 10.1. The molecule has 1 unspecified atom stereocenters. The van der Waals surface area contributed by atoms with E-state index in [4.69, 9.17) is 0 Å². The van der Waals surface area contributed by atoms with Crippen molar-refractivity contribution < 1.29 is 9.18 Å². The molecule has 1 amide bonds. The van der Waals surface area contributed by atoms with Crippen LogP contribution in [-0.2, 0) is 0 Å². The minimum absolute atomic E-state index is 0.0856. The summed E-state index contributed by atoms with van der Waals surface area (Å²) in [5.74, 6) is -0.582. The fourth-order valence-corrected chi connectivity index (χ4v) is 1.75. The lowest BCUT2D eigenvalue weighted by molar-refractivity contribution is 0.0934. The molecule has 21 heavy (non-hydrogen) atoms. The zero-order valence-corrected chi connectivity index (χ0v) is 12.1. The van der Waals surface area contributed by atoms with Crippen LogP contribution in [0.2, 0.25) is 0 Å². The molecule has 4 nitrogen and oxygen atoms in total. The summed E-state index contributed by atoms with van der Waals surface area (Å²) >= 11 is 0. The van der Waals surface area contributed by atoms with Crippen molar-refractivity contribution in [2.75, 3.05) is 5.32 Å². The average molecular weight is 287 g/mol. The Balaban J connectivity index is 2.14. The Morgan fingerprint density at radius 1 is 1.33 bits per heavy atom. The highest BCUT2D eigenvalue weighted by molar-refractivity contribution is 5.93. The van der Waals surface area contributed by atoms with E-state index in [1.165, 1.54) is 12.3 Å². The van der Waals surface area contributed by atoms with Crippen LogP contribution in [0.5, 0.6) is 0 Å². The minimum Gasteiger partial charge on any atom is -0.353 e. The second-order valence-electron chi connectivity index (χ2n) is 4.82. The van der Waals surface area contributed by atoms with Crippen molar-refractivity contribution in [1.29, 1.82) is 0 Å². The van der Waals surface area contributed by atoms with Gasteiger partial charge in [-0.2, -0.15) is 0 Å². The van der Waals surface area contributed by atoms with Gasteiger partial charge in [0.25, 0.3) is 5.91 Å². The van der Waals surface area contributed by atoms with Crippen molar-refractivity contribution >= 4 is 17.3 Å². The van der Waals surface area contributed by atoms with Gasteiger partial charge in [0.15, 0.2) is 0 Å². The Labute approximate surface area is 123 Å². The number of nitrogens with zero attached hydrogens (tertiary/aromatic N) is 1. The highest BCUT2D eigenvalue weighted by atomic mass is 19.1. The van der Waals surface area contributed by atoms with Gasteiger partial charge < -0.3 is 10.6 Å². The second kappa shape index (κ2) is 6.83. The van der Waals surface area contributed by atoms with Crippen LogP contribution >= 0.6 is 0 Å². The summed E-state index contributed by atoms with van der Waals surface area (Å²) in [7, 11) is 0. The van der Waals surface area contributed by atoms with E-state index in [-0.39, 0.29) is 17.8 Å². The van der Waals surface area contributed by atoms with Crippen molar-refractivity contribution in [2.24, 2.45) is 0 Å². The molecule has 5 heteroatoms. The summed E-state index contributed by atoms with van der Waals surface area (Å²) in [6, 6.07) is 9.74. The highest BCUT2D eigenvalue weighted by Crippen LogP contribution is 2.19. The molecule has 0 radical (unpaired) electrons.